The lowest BCUT2D eigenvalue weighted by Gasteiger charge is -2.23. The number of phosphoric ester groups is 1. The fraction of sp³-hybridized carbons (Fsp3) is 0.971. The zero-order valence-electron chi connectivity index (χ0n) is 26.9. The van der Waals surface area contributed by atoms with Crippen molar-refractivity contribution in [1.29, 1.82) is 0 Å². The summed E-state index contributed by atoms with van der Waals surface area (Å²) >= 11 is 0. The molecule has 0 aromatic heterocycles. The van der Waals surface area contributed by atoms with Gasteiger partial charge in [-0.3, -0.25) is 9.32 Å². The maximum absolute atomic E-state index is 13.7. The van der Waals surface area contributed by atoms with Crippen molar-refractivity contribution < 1.29 is 33.9 Å². The van der Waals surface area contributed by atoms with Gasteiger partial charge in [-0.2, -0.15) is 0 Å². The Bertz CT molecular complexity index is 598. The number of hydrogen-bond acceptors (Lipinski definition) is 5. The number of carbonyl (C=O) groups excluding carboxylic acids is 1. The zero-order chi connectivity index (χ0) is 30.7. The Morgan fingerprint density at radius 3 is 1.00 bits per heavy atom. The minimum atomic E-state index is -4.50. The van der Waals surface area contributed by atoms with Crippen molar-refractivity contribution in [2.75, 3.05) is 13.2 Å². The average molecular weight is 619 g/mol. The van der Waals surface area contributed by atoms with Crippen LogP contribution in [0, 0.1) is 11.8 Å². The van der Waals surface area contributed by atoms with E-state index in [1.165, 1.54) is 180 Å². The van der Waals surface area contributed by atoms with Crippen LogP contribution in [0.4, 0.5) is 0 Å². The fourth-order valence-corrected chi connectivity index (χ4v) is 6.89. The predicted molar refractivity (Wildman–Crippen MR) is 172 cm³/mol. The number of rotatable bonds is 6. The lowest BCUT2D eigenvalue weighted by molar-refractivity contribution is -0.128. The maximum Gasteiger partial charge on any atom is 0.469 e. The summed E-state index contributed by atoms with van der Waals surface area (Å²) in [5.74, 6) is 1.46. The molecule has 1 unspecified atom stereocenters. The van der Waals surface area contributed by atoms with Gasteiger partial charge in [-0.25, -0.2) is 4.57 Å². The molecular weight excluding hydrogens is 551 g/mol. The summed E-state index contributed by atoms with van der Waals surface area (Å²) in [6.07, 6.45) is 36.9. The van der Waals surface area contributed by atoms with Crippen LogP contribution in [-0.2, 0) is 13.9 Å². The van der Waals surface area contributed by atoms with Crippen molar-refractivity contribution in [3.8, 4) is 0 Å². The standard InChI is InChI=1S/C31H58O.C3H9O6P/c32-31(29-25-21-17-13-9-5-1-2-6-10-14-18-22-26-29)30-27-23-19-15-11-7-3-4-8-12-16-20-24-28-30;4-1-3(5)2-9-10(6,7)8/h29-30H,1-28H2;3-5H,1-2H2,(H2,6,7,8). The van der Waals surface area contributed by atoms with E-state index in [2.05, 4.69) is 4.52 Å². The molecule has 0 aromatic carbocycles. The van der Waals surface area contributed by atoms with Gasteiger partial charge in [0, 0.05) is 11.8 Å². The summed E-state index contributed by atoms with van der Waals surface area (Å²) in [7, 11) is -4.50. The molecule has 0 bridgehead atoms. The highest BCUT2D eigenvalue weighted by Gasteiger charge is 2.26. The highest BCUT2D eigenvalue weighted by Crippen LogP contribution is 2.35. The molecular formula is C34H67O7P. The summed E-state index contributed by atoms with van der Waals surface area (Å²) in [6.45, 7) is -1.15. The van der Waals surface area contributed by atoms with E-state index in [1.54, 1.807) is 0 Å². The van der Waals surface area contributed by atoms with Crippen molar-refractivity contribution in [1.82, 2.24) is 0 Å². The number of hydrogen-bond donors (Lipinski definition) is 4. The monoisotopic (exact) mass is 618 g/mol. The Morgan fingerprint density at radius 1 is 0.548 bits per heavy atom. The number of Topliss-reactive ketones (excluding diaryl/α,β-unsaturated/α-hetero) is 1. The lowest BCUT2D eigenvalue weighted by Crippen LogP contribution is -2.24. The SMILES string of the molecule is O=C(C1CCCCCCCCCCCCCC1)C1CCCCCCCCCCCCCC1.O=P(O)(O)OCC(O)CO. The van der Waals surface area contributed by atoms with Gasteiger partial charge in [0.05, 0.1) is 13.2 Å². The van der Waals surface area contributed by atoms with Crippen LogP contribution in [0.25, 0.3) is 0 Å². The largest absolute Gasteiger partial charge is 0.469 e. The molecule has 0 amide bonds. The summed E-state index contributed by atoms with van der Waals surface area (Å²) < 4.78 is 13.8. The van der Waals surface area contributed by atoms with E-state index in [9.17, 15) is 9.36 Å². The van der Waals surface area contributed by atoms with Gasteiger partial charge in [0.15, 0.2) is 0 Å². The first kappa shape index (κ1) is 39.7. The Morgan fingerprint density at radius 2 is 0.786 bits per heavy atom. The third-order valence-electron chi connectivity index (χ3n) is 9.16. The normalized spacial score (nSPS) is 22.7. The van der Waals surface area contributed by atoms with Crippen molar-refractivity contribution in [3.05, 3.63) is 0 Å². The van der Waals surface area contributed by atoms with Crippen LogP contribution in [0.1, 0.15) is 180 Å². The van der Waals surface area contributed by atoms with E-state index in [1.807, 2.05) is 0 Å². The first-order valence-electron chi connectivity index (χ1n) is 17.9. The second kappa shape index (κ2) is 27.0. The second-order valence-electron chi connectivity index (χ2n) is 13.1. The van der Waals surface area contributed by atoms with Crippen LogP contribution in [0.3, 0.4) is 0 Å². The third-order valence-corrected chi connectivity index (χ3v) is 9.65. The Hall–Kier alpha value is -0.300. The zero-order valence-corrected chi connectivity index (χ0v) is 27.8. The Kier molecular flexibility index (Phi) is 25.6. The Labute approximate surface area is 258 Å². The molecule has 8 heteroatoms. The van der Waals surface area contributed by atoms with E-state index in [0.29, 0.717) is 17.6 Å². The molecule has 0 spiro atoms. The molecule has 0 aromatic rings. The lowest BCUT2D eigenvalue weighted by atomic mass is 9.80. The van der Waals surface area contributed by atoms with Crippen molar-refractivity contribution >= 4 is 13.6 Å². The number of ketones is 1. The molecule has 250 valence electrons. The number of aliphatic hydroxyl groups is 2. The summed E-state index contributed by atoms with van der Waals surface area (Å²) in [6, 6.07) is 0. The van der Waals surface area contributed by atoms with Gasteiger partial charge >= 0.3 is 7.82 Å². The van der Waals surface area contributed by atoms with Crippen molar-refractivity contribution in [2.24, 2.45) is 11.8 Å². The van der Waals surface area contributed by atoms with Gasteiger partial charge in [0.25, 0.3) is 0 Å². The third kappa shape index (κ3) is 24.1. The van der Waals surface area contributed by atoms with E-state index in [-0.39, 0.29) is 0 Å². The van der Waals surface area contributed by atoms with Gasteiger partial charge in [0.1, 0.15) is 11.9 Å². The smallest absolute Gasteiger partial charge is 0.394 e. The van der Waals surface area contributed by atoms with Crippen LogP contribution in [0.15, 0.2) is 0 Å². The molecule has 0 saturated heterocycles. The van der Waals surface area contributed by atoms with Gasteiger partial charge in [-0.15, -0.1) is 0 Å². The predicted octanol–water partition coefficient (Wildman–Crippen LogP) is 9.19. The summed E-state index contributed by atoms with van der Waals surface area (Å²) in [4.78, 5) is 29.9. The van der Waals surface area contributed by atoms with E-state index in [4.69, 9.17) is 20.0 Å². The van der Waals surface area contributed by atoms with Crippen molar-refractivity contribution in [3.63, 3.8) is 0 Å². The number of phosphoric acid groups is 1. The average Bonchev–Trinajstić information content (AvgIpc) is 2.99. The molecule has 4 N–H and O–H groups in total. The first-order chi connectivity index (χ1) is 20.3. The van der Waals surface area contributed by atoms with Crippen LogP contribution in [-0.4, -0.2) is 45.1 Å². The van der Waals surface area contributed by atoms with Crippen LogP contribution in [0.5, 0.6) is 0 Å². The molecule has 2 saturated carbocycles. The fourth-order valence-electron chi connectivity index (χ4n) is 6.53. The van der Waals surface area contributed by atoms with Gasteiger partial charge in [-0.1, -0.05) is 154 Å². The number of carbonyl (C=O) groups is 1. The van der Waals surface area contributed by atoms with Gasteiger partial charge in [0.2, 0.25) is 0 Å². The first-order valence-corrected chi connectivity index (χ1v) is 19.4. The maximum atomic E-state index is 13.7. The molecule has 0 heterocycles. The molecule has 7 nitrogen and oxygen atoms in total. The topological polar surface area (TPSA) is 124 Å². The van der Waals surface area contributed by atoms with Crippen molar-refractivity contribution in [2.45, 2.75) is 186 Å². The van der Waals surface area contributed by atoms with Crippen LogP contribution < -0.4 is 0 Å². The molecule has 0 aliphatic heterocycles. The molecule has 1 atom stereocenters. The molecule has 42 heavy (non-hydrogen) atoms. The molecule has 2 fully saturated rings. The number of aliphatic hydroxyl groups excluding tert-OH is 2. The highest BCUT2D eigenvalue weighted by atomic mass is 31.2. The van der Waals surface area contributed by atoms with E-state index in [0.717, 1.165) is 0 Å². The van der Waals surface area contributed by atoms with Crippen LogP contribution >= 0.6 is 7.82 Å². The minimum Gasteiger partial charge on any atom is -0.394 e. The minimum absolute atomic E-state index is 0.382. The van der Waals surface area contributed by atoms with Gasteiger partial charge in [-0.05, 0) is 25.7 Å². The van der Waals surface area contributed by atoms with E-state index < -0.39 is 27.1 Å². The summed E-state index contributed by atoms with van der Waals surface area (Å²) in [5.41, 5.74) is 0. The molecule has 2 aliphatic carbocycles. The van der Waals surface area contributed by atoms with Crippen LogP contribution in [0.2, 0.25) is 0 Å². The second-order valence-corrected chi connectivity index (χ2v) is 14.3. The summed E-state index contributed by atoms with van der Waals surface area (Å²) in [5, 5.41) is 16.7. The Balaban J connectivity index is 0.000000752. The highest BCUT2D eigenvalue weighted by molar-refractivity contribution is 7.46. The quantitative estimate of drug-likeness (QED) is 0.219. The molecule has 0 radical (unpaired) electrons. The molecule has 2 aliphatic rings. The van der Waals surface area contributed by atoms with E-state index >= 15 is 0 Å². The molecule has 2 rings (SSSR count). The van der Waals surface area contributed by atoms with Gasteiger partial charge < -0.3 is 20.0 Å².